The van der Waals surface area contributed by atoms with E-state index in [1.165, 1.54) is 12.0 Å². The summed E-state index contributed by atoms with van der Waals surface area (Å²) in [5.74, 6) is 6.43. The van der Waals surface area contributed by atoms with Gasteiger partial charge in [-0.15, -0.1) is 0 Å². The molecule has 0 bridgehead atoms. The predicted octanol–water partition coefficient (Wildman–Crippen LogP) is 2.53. The third kappa shape index (κ3) is 3.59. The molecule has 2 atom stereocenters. The molecule has 5 heteroatoms. The maximum absolute atomic E-state index is 11.5. The van der Waals surface area contributed by atoms with Crippen LogP contribution in [0.3, 0.4) is 0 Å². The third-order valence-electron chi connectivity index (χ3n) is 4.26. The van der Waals surface area contributed by atoms with Gasteiger partial charge >= 0.3 is 0 Å². The molecule has 1 aliphatic rings. The van der Waals surface area contributed by atoms with E-state index in [1.807, 2.05) is 18.2 Å². The van der Waals surface area contributed by atoms with E-state index in [2.05, 4.69) is 40.1 Å². The number of carbonyl (C=O) groups excluding carboxylic acids is 1. The number of nitrogens with zero attached hydrogens (tertiary/aromatic N) is 1. The average molecular weight is 340 g/mol. The molecule has 0 aromatic heterocycles. The smallest absolute Gasteiger partial charge is 0.265 e. The van der Waals surface area contributed by atoms with Gasteiger partial charge in [-0.25, -0.2) is 5.84 Å². The van der Waals surface area contributed by atoms with Gasteiger partial charge in [-0.1, -0.05) is 35.8 Å². The minimum absolute atomic E-state index is 0.266. The number of benzene rings is 1. The van der Waals surface area contributed by atoms with Crippen LogP contribution >= 0.6 is 15.9 Å². The minimum atomic E-state index is -0.266. The molecule has 0 radical (unpaired) electrons. The van der Waals surface area contributed by atoms with Crippen LogP contribution in [0.2, 0.25) is 0 Å². The number of halogens is 1. The van der Waals surface area contributed by atoms with E-state index in [1.54, 1.807) is 0 Å². The SMILES string of the molecule is CC1CCN(Cc2ccc(C(=O)NN)cc2Br)CC1C. The van der Waals surface area contributed by atoms with Crippen LogP contribution in [0.25, 0.3) is 0 Å². The molecule has 4 nitrogen and oxygen atoms in total. The second-order valence-electron chi connectivity index (χ2n) is 5.76. The van der Waals surface area contributed by atoms with Gasteiger partial charge in [0.15, 0.2) is 0 Å². The van der Waals surface area contributed by atoms with Crippen LogP contribution in [0.5, 0.6) is 0 Å². The lowest BCUT2D eigenvalue weighted by molar-refractivity contribution is 0.0953. The zero-order chi connectivity index (χ0) is 14.7. The predicted molar refractivity (Wildman–Crippen MR) is 84.0 cm³/mol. The number of hydrazine groups is 1. The monoisotopic (exact) mass is 339 g/mol. The normalized spacial score (nSPS) is 23.6. The standard InChI is InChI=1S/C15H22BrN3O/c1-10-5-6-19(8-11(10)2)9-13-4-3-12(7-14(13)16)15(20)18-17/h3-4,7,10-11H,5-6,8-9,17H2,1-2H3,(H,18,20). The van der Waals surface area contributed by atoms with Crippen molar-refractivity contribution in [1.82, 2.24) is 10.3 Å². The zero-order valence-electron chi connectivity index (χ0n) is 12.0. The minimum Gasteiger partial charge on any atom is -0.299 e. The van der Waals surface area contributed by atoms with Crippen LogP contribution < -0.4 is 11.3 Å². The number of piperidine rings is 1. The molecule has 1 saturated heterocycles. The van der Waals surface area contributed by atoms with Crippen molar-refractivity contribution < 1.29 is 4.79 Å². The summed E-state index contributed by atoms with van der Waals surface area (Å²) in [6.07, 6.45) is 1.26. The van der Waals surface area contributed by atoms with Crippen molar-refractivity contribution in [1.29, 1.82) is 0 Å². The average Bonchev–Trinajstić information content (AvgIpc) is 2.44. The molecule has 1 amide bonds. The second-order valence-corrected chi connectivity index (χ2v) is 6.61. The molecule has 0 saturated carbocycles. The maximum atomic E-state index is 11.5. The molecular weight excluding hydrogens is 318 g/mol. The number of nitrogens with one attached hydrogen (secondary N) is 1. The number of hydrogen-bond donors (Lipinski definition) is 2. The lowest BCUT2D eigenvalue weighted by Crippen LogP contribution is -2.37. The number of carbonyl (C=O) groups is 1. The van der Waals surface area contributed by atoms with Gasteiger partial charge < -0.3 is 0 Å². The van der Waals surface area contributed by atoms with Crippen LogP contribution in [0.1, 0.15) is 36.2 Å². The molecule has 1 aliphatic heterocycles. The Balaban J connectivity index is 2.05. The summed E-state index contributed by atoms with van der Waals surface area (Å²) in [4.78, 5) is 14.0. The number of nitrogen functional groups attached to an aromatic ring is 1. The Morgan fingerprint density at radius 3 is 2.80 bits per heavy atom. The van der Waals surface area contributed by atoms with Crippen molar-refractivity contribution in [2.45, 2.75) is 26.8 Å². The van der Waals surface area contributed by atoms with E-state index in [0.29, 0.717) is 5.56 Å². The highest BCUT2D eigenvalue weighted by atomic mass is 79.9. The first-order chi connectivity index (χ1) is 9.51. The fourth-order valence-corrected chi connectivity index (χ4v) is 3.14. The number of hydrogen-bond acceptors (Lipinski definition) is 3. The van der Waals surface area contributed by atoms with Gasteiger partial charge in [0, 0.05) is 23.1 Å². The summed E-state index contributed by atoms with van der Waals surface area (Å²) in [7, 11) is 0. The molecule has 1 aromatic rings. The Labute approximate surface area is 128 Å². The van der Waals surface area contributed by atoms with Crippen molar-refractivity contribution in [2.75, 3.05) is 13.1 Å². The highest BCUT2D eigenvalue weighted by Gasteiger charge is 2.23. The Hall–Kier alpha value is -0.910. The fraction of sp³-hybridized carbons (Fsp3) is 0.533. The van der Waals surface area contributed by atoms with Crippen LogP contribution in [-0.2, 0) is 6.54 Å². The molecule has 0 spiro atoms. The first-order valence-corrected chi connectivity index (χ1v) is 7.82. The maximum Gasteiger partial charge on any atom is 0.265 e. The van der Waals surface area contributed by atoms with Crippen LogP contribution in [0.15, 0.2) is 22.7 Å². The van der Waals surface area contributed by atoms with Crippen LogP contribution in [-0.4, -0.2) is 23.9 Å². The van der Waals surface area contributed by atoms with Gasteiger partial charge in [0.1, 0.15) is 0 Å². The van der Waals surface area contributed by atoms with Gasteiger partial charge in [-0.3, -0.25) is 15.1 Å². The van der Waals surface area contributed by atoms with Gasteiger partial charge in [0.05, 0.1) is 0 Å². The molecular formula is C15H22BrN3O. The molecule has 3 N–H and O–H groups in total. The molecule has 1 fully saturated rings. The summed E-state index contributed by atoms with van der Waals surface area (Å²) in [5, 5.41) is 0. The van der Waals surface area contributed by atoms with Crippen molar-refractivity contribution in [3.8, 4) is 0 Å². The van der Waals surface area contributed by atoms with Crippen molar-refractivity contribution >= 4 is 21.8 Å². The molecule has 20 heavy (non-hydrogen) atoms. The van der Waals surface area contributed by atoms with Crippen molar-refractivity contribution in [2.24, 2.45) is 17.7 Å². The first kappa shape index (κ1) is 15.5. The Bertz CT molecular complexity index is 492. The fourth-order valence-electron chi connectivity index (χ4n) is 2.63. The third-order valence-corrected chi connectivity index (χ3v) is 5.00. The molecule has 1 aromatic carbocycles. The van der Waals surface area contributed by atoms with E-state index >= 15 is 0 Å². The number of likely N-dealkylation sites (tertiary alicyclic amines) is 1. The quantitative estimate of drug-likeness (QED) is 0.505. The van der Waals surface area contributed by atoms with Crippen LogP contribution in [0.4, 0.5) is 0 Å². The second kappa shape index (κ2) is 6.70. The van der Waals surface area contributed by atoms with E-state index in [0.717, 1.165) is 35.9 Å². The van der Waals surface area contributed by atoms with Crippen LogP contribution in [0, 0.1) is 11.8 Å². The molecule has 110 valence electrons. The summed E-state index contributed by atoms with van der Waals surface area (Å²) < 4.78 is 0.963. The number of amides is 1. The lowest BCUT2D eigenvalue weighted by Gasteiger charge is -2.35. The molecule has 2 rings (SSSR count). The van der Waals surface area contributed by atoms with Crippen molar-refractivity contribution in [3.05, 3.63) is 33.8 Å². The first-order valence-electron chi connectivity index (χ1n) is 7.03. The van der Waals surface area contributed by atoms with Gasteiger partial charge in [0.25, 0.3) is 5.91 Å². The zero-order valence-corrected chi connectivity index (χ0v) is 13.6. The highest BCUT2D eigenvalue weighted by molar-refractivity contribution is 9.10. The highest BCUT2D eigenvalue weighted by Crippen LogP contribution is 2.26. The van der Waals surface area contributed by atoms with E-state index in [4.69, 9.17) is 5.84 Å². The Morgan fingerprint density at radius 1 is 1.45 bits per heavy atom. The van der Waals surface area contributed by atoms with E-state index in [-0.39, 0.29) is 5.91 Å². The largest absolute Gasteiger partial charge is 0.299 e. The number of nitrogens with two attached hydrogens (primary N) is 1. The van der Waals surface area contributed by atoms with Gasteiger partial charge in [0.2, 0.25) is 0 Å². The summed E-state index contributed by atoms with van der Waals surface area (Å²) in [6.45, 7) is 7.85. The molecule has 2 unspecified atom stereocenters. The van der Waals surface area contributed by atoms with Crippen molar-refractivity contribution in [3.63, 3.8) is 0 Å². The van der Waals surface area contributed by atoms with E-state index in [9.17, 15) is 4.79 Å². The Kier molecular flexibility index (Phi) is 5.18. The summed E-state index contributed by atoms with van der Waals surface area (Å²) >= 11 is 3.55. The molecule has 1 heterocycles. The summed E-state index contributed by atoms with van der Waals surface area (Å²) in [5.41, 5.74) is 3.93. The lowest BCUT2D eigenvalue weighted by atomic mass is 9.88. The Morgan fingerprint density at radius 2 is 2.20 bits per heavy atom. The van der Waals surface area contributed by atoms with Gasteiger partial charge in [-0.2, -0.15) is 0 Å². The summed E-state index contributed by atoms with van der Waals surface area (Å²) in [6, 6.07) is 5.64. The number of rotatable bonds is 3. The topological polar surface area (TPSA) is 58.4 Å². The van der Waals surface area contributed by atoms with E-state index < -0.39 is 0 Å². The van der Waals surface area contributed by atoms with Gasteiger partial charge in [-0.05, 0) is 42.5 Å². The molecule has 0 aliphatic carbocycles.